The van der Waals surface area contributed by atoms with E-state index in [9.17, 15) is 18.0 Å². The maximum atomic E-state index is 12.4. The molecule has 50 heavy (non-hydrogen) atoms. The number of nitrogens with one attached hydrogen (secondary N) is 2. The van der Waals surface area contributed by atoms with Gasteiger partial charge in [0.15, 0.2) is 0 Å². The lowest BCUT2D eigenvalue weighted by atomic mass is 9.83. The number of allylic oxidation sites excluding steroid dienone is 5. The molecule has 2 aromatic carbocycles. The summed E-state index contributed by atoms with van der Waals surface area (Å²) in [5, 5.41) is 5.94. The topological polar surface area (TPSA) is 123 Å². The van der Waals surface area contributed by atoms with E-state index in [4.69, 9.17) is 13.1 Å². The number of benzene rings is 2. The van der Waals surface area contributed by atoms with Crippen molar-refractivity contribution in [2.45, 2.75) is 69.6 Å². The normalized spacial score (nSPS) is 17.3. The number of hydrogen-bond donors (Lipinski definition) is 2. The van der Waals surface area contributed by atoms with Gasteiger partial charge >= 0.3 is 0 Å². The SMILES string of the molecule is COSc1ccc2c(c1)C(C)(C)C(=C/C=C1\CCCC(C)=C1Oc1ccc(CCC(=O)NCCCNC(=O)CBr)cc1)N2CCS(=O)(=O)OC. The molecule has 0 atom stereocenters. The molecule has 0 saturated heterocycles. The number of carbonyl (C=O) groups is 2. The minimum Gasteiger partial charge on any atom is -0.457 e. The standard InChI is InChI=1S/C37H48BrN3O7S2/c1-26-8-6-9-28(36(26)48-29-14-10-27(11-15-29)12-19-34(42)39-20-7-21-40-35(43)25-38)13-18-33-37(2,3)31-24-30(49-46-4)16-17-32(31)41(33)22-23-50(44,45)47-5/h10-11,13-18,24H,6-9,12,19-23,25H2,1-5H3,(H,39,42)(H,40,43)/b28-13+,33-18?. The Balaban J connectivity index is 1.47. The van der Waals surface area contributed by atoms with Gasteiger partial charge in [-0.3, -0.25) is 13.8 Å². The smallest absolute Gasteiger partial charge is 0.268 e. The minimum atomic E-state index is -3.66. The molecule has 0 spiro atoms. The quantitative estimate of drug-likeness (QED) is 0.0780. The van der Waals surface area contributed by atoms with Gasteiger partial charge in [-0.05, 0) is 97.7 Å². The summed E-state index contributed by atoms with van der Waals surface area (Å²) in [5.41, 5.74) is 5.94. The van der Waals surface area contributed by atoms with Gasteiger partial charge in [-0.25, -0.2) is 0 Å². The van der Waals surface area contributed by atoms with Crippen molar-refractivity contribution in [2.75, 3.05) is 49.8 Å². The second-order valence-electron chi connectivity index (χ2n) is 12.8. The van der Waals surface area contributed by atoms with Crippen molar-refractivity contribution in [1.82, 2.24) is 10.6 Å². The summed E-state index contributed by atoms with van der Waals surface area (Å²) in [6.07, 6.45) is 8.69. The number of rotatable bonds is 17. The monoisotopic (exact) mass is 789 g/mol. The van der Waals surface area contributed by atoms with E-state index in [0.717, 1.165) is 63.8 Å². The minimum absolute atomic E-state index is 0.0224. The molecule has 13 heteroatoms. The van der Waals surface area contributed by atoms with Gasteiger partial charge in [0, 0.05) is 59.8 Å². The fourth-order valence-corrected chi connectivity index (χ4v) is 7.40. The molecule has 0 radical (unpaired) electrons. The largest absolute Gasteiger partial charge is 0.457 e. The molecule has 2 aromatic rings. The van der Waals surface area contributed by atoms with Crippen molar-refractivity contribution in [2.24, 2.45) is 0 Å². The first-order chi connectivity index (χ1) is 23.9. The zero-order valence-corrected chi connectivity index (χ0v) is 32.7. The molecule has 0 fully saturated rings. The lowest BCUT2D eigenvalue weighted by Gasteiger charge is -2.27. The van der Waals surface area contributed by atoms with Crippen LogP contribution in [0, 0.1) is 0 Å². The predicted molar refractivity (Wildman–Crippen MR) is 203 cm³/mol. The molecular weight excluding hydrogens is 742 g/mol. The van der Waals surface area contributed by atoms with Crippen molar-refractivity contribution in [3.05, 3.63) is 88.3 Å². The van der Waals surface area contributed by atoms with E-state index >= 15 is 0 Å². The Labute approximate surface area is 309 Å². The second-order valence-corrected chi connectivity index (χ2v) is 16.2. The first kappa shape index (κ1) is 39.7. The molecule has 2 aliphatic rings. The fraction of sp³-hybridized carbons (Fsp3) is 0.459. The molecule has 0 unspecified atom stereocenters. The van der Waals surface area contributed by atoms with Crippen LogP contribution in [0.3, 0.4) is 0 Å². The molecular formula is C37H48BrN3O7S2. The van der Waals surface area contributed by atoms with E-state index in [1.165, 1.54) is 24.7 Å². The number of nitrogens with zero attached hydrogens (tertiary/aromatic N) is 1. The maximum absolute atomic E-state index is 12.4. The number of ether oxygens (including phenoxy) is 1. The predicted octanol–water partition coefficient (Wildman–Crippen LogP) is 6.71. The summed E-state index contributed by atoms with van der Waals surface area (Å²) in [4.78, 5) is 26.6. The van der Waals surface area contributed by atoms with Crippen LogP contribution in [0.4, 0.5) is 5.69 Å². The molecule has 0 saturated carbocycles. The molecule has 2 amide bonds. The Morgan fingerprint density at radius 2 is 1.74 bits per heavy atom. The van der Waals surface area contributed by atoms with Gasteiger partial charge in [-0.2, -0.15) is 8.42 Å². The lowest BCUT2D eigenvalue weighted by molar-refractivity contribution is -0.121. The number of fused-ring (bicyclic) bond motifs is 1. The number of anilines is 1. The summed E-state index contributed by atoms with van der Waals surface area (Å²) in [5.74, 6) is 1.34. The summed E-state index contributed by atoms with van der Waals surface area (Å²) in [6.45, 7) is 7.70. The van der Waals surface area contributed by atoms with E-state index in [2.05, 4.69) is 70.5 Å². The van der Waals surface area contributed by atoms with Crippen LogP contribution in [-0.2, 0) is 39.9 Å². The van der Waals surface area contributed by atoms with Crippen LogP contribution in [0.2, 0.25) is 0 Å². The van der Waals surface area contributed by atoms with Gasteiger partial charge in [0.1, 0.15) is 11.5 Å². The first-order valence-corrected chi connectivity index (χ1v) is 20.2. The second kappa shape index (κ2) is 18.4. The van der Waals surface area contributed by atoms with Crippen LogP contribution >= 0.6 is 28.0 Å². The molecule has 1 aliphatic heterocycles. The van der Waals surface area contributed by atoms with Gasteiger partial charge < -0.3 is 24.5 Å². The Bertz CT molecular complexity index is 1720. The Morgan fingerprint density at radius 1 is 1.02 bits per heavy atom. The van der Waals surface area contributed by atoms with E-state index in [1.54, 1.807) is 7.11 Å². The highest BCUT2D eigenvalue weighted by molar-refractivity contribution is 9.09. The van der Waals surface area contributed by atoms with E-state index in [1.807, 2.05) is 36.4 Å². The molecule has 0 bridgehead atoms. The van der Waals surface area contributed by atoms with Gasteiger partial charge in [0.05, 0.1) is 25.3 Å². The van der Waals surface area contributed by atoms with E-state index < -0.39 is 15.5 Å². The third-order valence-corrected chi connectivity index (χ3v) is 11.2. The highest BCUT2D eigenvalue weighted by Crippen LogP contribution is 2.49. The zero-order chi connectivity index (χ0) is 36.3. The number of carbonyl (C=O) groups excluding carboxylic acids is 2. The van der Waals surface area contributed by atoms with Crippen molar-refractivity contribution in [3.63, 3.8) is 0 Å². The van der Waals surface area contributed by atoms with Crippen LogP contribution < -0.4 is 20.3 Å². The van der Waals surface area contributed by atoms with Gasteiger partial charge in [-0.15, -0.1) is 0 Å². The van der Waals surface area contributed by atoms with Crippen LogP contribution in [0.5, 0.6) is 5.75 Å². The van der Waals surface area contributed by atoms with Gasteiger partial charge in [0.2, 0.25) is 11.8 Å². The summed E-state index contributed by atoms with van der Waals surface area (Å²) in [7, 11) is -0.830. The molecule has 272 valence electrons. The van der Waals surface area contributed by atoms with E-state index in [0.29, 0.717) is 32.4 Å². The van der Waals surface area contributed by atoms with Crippen LogP contribution in [0.15, 0.2) is 82.1 Å². The number of halogens is 1. The van der Waals surface area contributed by atoms with Crippen LogP contribution in [-0.4, -0.2) is 65.2 Å². The molecule has 2 N–H and O–H groups in total. The van der Waals surface area contributed by atoms with Crippen LogP contribution in [0.1, 0.15) is 64.0 Å². The average molecular weight is 791 g/mol. The van der Waals surface area contributed by atoms with Crippen molar-refractivity contribution < 1.29 is 31.1 Å². The van der Waals surface area contributed by atoms with Crippen molar-refractivity contribution >= 4 is 55.6 Å². The molecule has 1 heterocycles. The van der Waals surface area contributed by atoms with Crippen molar-refractivity contribution in [3.8, 4) is 5.75 Å². The van der Waals surface area contributed by atoms with E-state index in [-0.39, 0.29) is 29.4 Å². The summed E-state index contributed by atoms with van der Waals surface area (Å²) < 4.78 is 41.3. The number of aryl methyl sites for hydroxylation is 1. The lowest BCUT2D eigenvalue weighted by Crippen LogP contribution is -2.30. The Kier molecular flexibility index (Phi) is 14.6. The Morgan fingerprint density at radius 3 is 2.42 bits per heavy atom. The first-order valence-electron chi connectivity index (χ1n) is 16.8. The summed E-state index contributed by atoms with van der Waals surface area (Å²) in [6, 6.07) is 14.0. The highest BCUT2D eigenvalue weighted by Gasteiger charge is 2.40. The summed E-state index contributed by atoms with van der Waals surface area (Å²) >= 11 is 4.40. The molecule has 4 rings (SSSR count). The third kappa shape index (κ3) is 10.7. The van der Waals surface area contributed by atoms with Gasteiger partial charge in [-0.1, -0.05) is 48.0 Å². The van der Waals surface area contributed by atoms with Gasteiger partial charge in [0.25, 0.3) is 10.1 Å². The molecule has 10 nitrogen and oxygen atoms in total. The highest BCUT2D eigenvalue weighted by atomic mass is 79.9. The molecule has 0 aromatic heterocycles. The van der Waals surface area contributed by atoms with Crippen LogP contribution in [0.25, 0.3) is 0 Å². The number of alkyl halides is 1. The Hall–Kier alpha value is -3.10. The average Bonchev–Trinajstić information content (AvgIpc) is 3.31. The zero-order valence-electron chi connectivity index (χ0n) is 29.5. The number of amides is 2. The maximum Gasteiger partial charge on any atom is 0.268 e. The number of hydrogen-bond acceptors (Lipinski definition) is 9. The molecule has 1 aliphatic carbocycles. The van der Waals surface area contributed by atoms with Crippen molar-refractivity contribution in [1.29, 1.82) is 0 Å². The third-order valence-electron chi connectivity index (χ3n) is 8.88. The fourth-order valence-electron chi connectivity index (χ4n) is 6.15.